The molecule has 1 aromatic heterocycles. The zero-order chi connectivity index (χ0) is 27.7. The Morgan fingerprint density at radius 3 is 2.41 bits per heavy atom. The predicted octanol–water partition coefficient (Wildman–Crippen LogP) is 6.17. The lowest BCUT2D eigenvalue weighted by Crippen LogP contribution is -2.18. The second kappa shape index (κ2) is 11.0. The number of thioether (sulfide) groups is 1. The molecule has 1 saturated heterocycles. The Kier molecular flexibility index (Phi) is 7.45. The molecule has 39 heavy (non-hydrogen) atoms. The normalized spacial score (nSPS) is 14.5. The minimum absolute atomic E-state index is 0.0171. The maximum atomic E-state index is 14.3. The second-order valence-corrected chi connectivity index (χ2v) is 10.1. The molecule has 1 fully saturated rings. The number of aryl methyl sites for hydroxylation is 1. The number of nitrogens with zero attached hydrogens (tertiary/aromatic N) is 1. The molecule has 3 aromatic carbocycles. The monoisotopic (exact) mass is 564 g/mol. The molecule has 0 unspecified atom stereocenters. The number of para-hydroxylation sites is 1. The van der Waals surface area contributed by atoms with Gasteiger partial charge in [0.1, 0.15) is 24.8 Å². The van der Waals surface area contributed by atoms with E-state index in [0.717, 1.165) is 17.3 Å². The topological polar surface area (TPSA) is 86.6 Å². The van der Waals surface area contributed by atoms with Crippen molar-refractivity contribution < 1.29 is 23.5 Å². The molecule has 1 aliphatic rings. The lowest BCUT2D eigenvalue weighted by atomic mass is 10.1. The zero-order valence-electron chi connectivity index (χ0n) is 20.9. The van der Waals surface area contributed by atoms with E-state index < -0.39 is 11.7 Å². The van der Waals surface area contributed by atoms with Gasteiger partial charge in [-0.25, -0.2) is 4.39 Å². The molecule has 2 amide bonds. The van der Waals surface area contributed by atoms with Gasteiger partial charge in [0, 0.05) is 18.0 Å². The van der Waals surface area contributed by atoms with Gasteiger partial charge in [0.05, 0.1) is 21.1 Å². The van der Waals surface area contributed by atoms with Gasteiger partial charge in [-0.05, 0) is 66.2 Å². The van der Waals surface area contributed by atoms with E-state index in [2.05, 4.69) is 5.32 Å². The fourth-order valence-electron chi connectivity index (χ4n) is 4.36. The first-order chi connectivity index (χ1) is 18.7. The first kappa shape index (κ1) is 26.5. The van der Waals surface area contributed by atoms with Crippen molar-refractivity contribution in [2.75, 3.05) is 13.2 Å². The molecular weight excluding hydrogens is 543 g/mol. The van der Waals surface area contributed by atoms with Crippen molar-refractivity contribution in [2.45, 2.75) is 6.92 Å². The molecular formula is C29H22ClFN2O5S. The number of hydrogen-bond acceptors (Lipinski definition) is 6. The van der Waals surface area contributed by atoms with E-state index in [4.69, 9.17) is 21.1 Å². The standard InChI is InChI=1S/C29H22ClFN2O5S/c1-16(27-28(35)32-29(36)39-27)17-7-10-19(11-8-17)37-13-14-38-26-24(18-9-12-21(30)22(31)15-18)33(2)23-6-4-3-5-20(23)25(26)34/h3-12,15H,13-14H2,1-2H3,(H,32,35,36)/b27-16+. The van der Waals surface area contributed by atoms with Gasteiger partial charge in [0.25, 0.3) is 11.1 Å². The van der Waals surface area contributed by atoms with E-state index in [9.17, 15) is 18.8 Å². The van der Waals surface area contributed by atoms with Crippen LogP contribution in [0.5, 0.6) is 11.5 Å². The summed E-state index contributed by atoms with van der Waals surface area (Å²) in [5.41, 5.74) is 2.72. The first-order valence-electron chi connectivity index (χ1n) is 11.9. The summed E-state index contributed by atoms with van der Waals surface area (Å²) in [6.45, 7) is 1.97. The summed E-state index contributed by atoms with van der Waals surface area (Å²) in [6, 6.07) is 18.6. The van der Waals surface area contributed by atoms with Crippen molar-refractivity contribution in [1.82, 2.24) is 9.88 Å². The maximum absolute atomic E-state index is 14.3. The van der Waals surface area contributed by atoms with Gasteiger partial charge in [-0.3, -0.25) is 19.7 Å². The van der Waals surface area contributed by atoms with Crippen molar-refractivity contribution in [3.05, 3.63) is 98.3 Å². The molecule has 1 N–H and O–H groups in total. The molecule has 1 aliphatic heterocycles. The molecule has 5 rings (SSSR count). The molecule has 7 nitrogen and oxygen atoms in total. The molecule has 10 heteroatoms. The van der Waals surface area contributed by atoms with E-state index in [1.165, 1.54) is 12.1 Å². The number of rotatable bonds is 7. The van der Waals surface area contributed by atoms with Crippen LogP contribution in [0.15, 0.2) is 76.4 Å². The Balaban J connectivity index is 1.35. The van der Waals surface area contributed by atoms with Gasteiger partial charge in [-0.15, -0.1) is 0 Å². The summed E-state index contributed by atoms with van der Waals surface area (Å²) in [6.07, 6.45) is 0. The largest absolute Gasteiger partial charge is 0.490 e. The fourth-order valence-corrected chi connectivity index (χ4v) is 5.22. The smallest absolute Gasteiger partial charge is 0.290 e. The van der Waals surface area contributed by atoms with Crippen LogP contribution in [-0.4, -0.2) is 28.9 Å². The highest BCUT2D eigenvalue weighted by molar-refractivity contribution is 8.18. The molecule has 0 atom stereocenters. The third-order valence-corrected chi connectivity index (χ3v) is 7.59. The molecule has 0 radical (unpaired) electrons. The lowest BCUT2D eigenvalue weighted by molar-refractivity contribution is -0.115. The number of hydrogen-bond donors (Lipinski definition) is 1. The van der Waals surface area contributed by atoms with Crippen LogP contribution in [0.2, 0.25) is 5.02 Å². The SMILES string of the molecule is C/C(=C1\SC(=O)NC1=O)c1ccc(OCCOc2c(-c3ccc(Cl)c(F)c3)n(C)c3ccccc3c2=O)cc1. The average molecular weight is 565 g/mol. The van der Waals surface area contributed by atoms with Crippen molar-refractivity contribution in [3.63, 3.8) is 0 Å². The van der Waals surface area contributed by atoms with Crippen LogP contribution in [0.1, 0.15) is 12.5 Å². The molecule has 198 valence electrons. The van der Waals surface area contributed by atoms with Gasteiger partial charge in [-0.2, -0.15) is 0 Å². The third kappa shape index (κ3) is 5.28. The van der Waals surface area contributed by atoms with Crippen LogP contribution >= 0.6 is 23.4 Å². The van der Waals surface area contributed by atoms with Crippen molar-refractivity contribution >= 4 is 51.0 Å². The number of imide groups is 1. The second-order valence-electron chi connectivity index (χ2n) is 8.73. The number of amides is 2. The number of halogens is 2. The van der Waals surface area contributed by atoms with E-state index in [1.807, 2.05) is 12.1 Å². The number of aromatic nitrogens is 1. The van der Waals surface area contributed by atoms with Gasteiger partial charge in [0.2, 0.25) is 5.43 Å². The summed E-state index contributed by atoms with van der Waals surface area (Å²) in [4.78, 5) is 37.1. The fraction of sp³-hybridized carbons (Fsp3) is 0.138. The van der Waals surface area contributed by atoms with Crippen molar-refractivity contribution in [3.8, 4) is 22.8 Å². The molecule has 2 heterocycles. The average Bonchev–Trinajstić information content (AvgIpc) is 3.28. The Morgan fingerprint density at radius 1 is 1.00 bits per heavy atom. The van der Waals surface area contributed by atoms with Gasteiger partial charge in [-0.1, -0.05) is 41.9 Å². The summed E-state index contributed by atoms with van der Waals surface area (Å²) < 4.78 is 27.9. The highest BCUT2D eigenvalue weighted by atomic mass is 35.5. The summed E-state index contributed by atoms with van der Waals surface area (Å²) in [5.74, 6) is -0.357. The van der Waals surface area contributed by atoms with E-state index in [1.54, 1.807) is 61.0 Å². The lowest BCUT2D eigenvalue weighted by Gasteiger charge is -2.18. The van der Waals surface area contributed by atoms with Crippen LogP contribution in [0.25, 0.3) is 27.7 Å². The molecule has 0 bridgehead atoms. The van der Waals surface area contributed by atoms with Gasteiger partial charge < -0.3 is 14.0 Å². The molecule has 4 aromatic rings. The number of benzene rings is 3. The molecule has 0 aliphatic carbocycles. The Labute approximate surface area is 232 Å². The maximum Gasteiger partial charge on any atom is 0.290 e. The number of carbonyl (C=O) groups is 2. The summed E-state index contributed by atoms with van der Waals surface area (Å²) in [7, 11) is 1.79. The van der Waals surface area contributed by atoms with Crippen molar-refractivity contribution in [1.29, 1.82) is 0 Å². The Bertz CT molecular complexity index is 1720. The first-order valence-corrected chi connectivity index (χ1v) is 13.1. The van der Waals surface area contributed by atoms with Gasteiger partial charge in [0.15, 0.2) is 5.75 Å². The van der Waals surface area contributed by atoms with E-state index >= 15 is 0 Å². The van der Waals surface area contributed by atoms with E-state index in [-0.39, 0.29) is 34.7 Å². The summed E-state index contributed by atoms with van der Waals surface area (Å²) >= 11 is 6.76. The quantitative estimate of drug-likeness (QED) is 0.213. The molecule has 0 saturated carbocycles. The number of pyridine rings is 1. The number of fused-ring (bicyclic) bond motifs is 1. The number of carbonyl (C=O) groups excluding carboxylic acids is 2. The third-order valence-electron chi connectivity index (χ3n) is 6.30. The highest BCUT2D eigenvalue weighted by Crippen LogP contribution is 2.33. The molecule has 0 spiro atoms. The van der Waals surface area contributed by atoms with Crippen LogP contribution in [0.3, 0.4) is 0 Å². The van der Waals surface area contributed by atoms with Crippen LogP contribution in [-0.2, 0) is 11.8 Å². The number of nitrogens with one attached hydrogen (secondary N) is 1. The Hall–Kier alpha value is -4.08. The number of ether oxygens (including phenoxy) is 2. The summed E-state index contributed by atoms with van der Waals surface area (Å²) in [5, 5.41) is 2.32. The van der Waals surface area contributed by atoms with Crippen LogP contribution < -0.4 is 20.2 Å². The highest BCUT2D eigenvalue weighted by Gasteiger charge is 2.27. The number of allylic oxidation sites excluding steroid dienone is 1. The van der Waals surface area contributed by atoms with Crippen LogP contribution in [0.4, 0.5) is 9.18 Å². The van der Waals surface area contributed by atoms with Crippen molar-refractivity contribution in [2.24, 2.45) is 7.05 Å². The van der Waals surface area contributed by atoms with Crippen LogP contribution in [0, 0.1) is 5.82 Å². The minimum atomic E-state index is -0.600. The van der Waals surface area contributed by atoms with E-state index in [0.29, 0.717) is 38.4 Å². The Morgan fingerprint density at radius 2 is 1.72 bits per heavy atom. The van der Waals surface area contributed by atoms with Gasteiger partial charge >= 0.3 is 0 Å². The predicted molar refractivity (Wildman–Crippen MR) is 151 cm³/mol. The minimum Gasteiger partial charge on any atom is -0.490 e. The zero-order valence-corrected chi connectivity index (χ0v) is 22.5.